The van der Waals surface area contributed by atoms with E-state index in [9.17, 15) is 13.2 Å². The van der Waals surface area contributed by atoms with Crippen LogP contribution in [0.3, 0.4) is 0 Å². The van der Waals surface area contributed by atoms with E-state index in [1.54, 1.807) is 0 Å². The van der Waals surface area contributed by atoms with Gasteiger partial charge in [-0.25, -0.2) is 0 Å². The van der Waals surface area contributed by atoms with Crippen LogP contribution in [-0.2, 0) is 6.18 Å². The van der Waals surface area contributed by atoms with Gasteiger partial charge >= 0.3 is 6.18 Å². The van der Waals surface area contributed by atoms with Crippen molar-refractivity contribution in [2.24, 2.45) is 5.41 Å². The first-order chi connectivity index (χ1) is 8.79. The Morgan fingerprint density at radius 3 is 2.47 bits per heavy atom. The molecule has 1 fully saturated rings. The first-order valence-electron chi connectivity index (χ1n) is 6.46. The maximum absolute atomic E-state index is 12.4. The van der Waals surface area contributed by atoms with Crippen LogP contribution in [0.1, 0.15) is 45.2 Å². The van der Waals surface area contributed by atoms with E-state index in [0.29, 0.717) is 5.82 Å². The van der Waals surface area contributed by atoms with Gasteiger partial charge in [-0.15, -0.1) is 10.2 Å². The number of aromatic nitrogens is 2. The molecule has 19 heavy (non-hydrogen) atoms. The Bertz CT molecular complexity index is 426. The van der Waals surface area contributed by atoms with Crippen LogP contribution in [0.2, 0.25) is 0 Å². The molecule has 1 atom stereocenters. The molecule has 3 nitrogen and oxygen atoms in total. The molecule has 2 rings (SSSR count). The number of nitrogens with one attached hydrogen (secondary N) is 1. The van der Waals surface area contributed by atoms with Gasteiger partial charge < -0.3 is 5.32 Å². The second-order valence-corrected chi connectivity index (χ2v) is 5.73. The molecule has 1 unspecified atom stereocenters. The lowest BCUT2D eigenvalue weighted by Gasteiger charge is -2.39. The Hall–Kier alpha value is -1.33. The molecule has 0 amide bonds. The van der Waals surface area contributed by atoms with E-state index in [2.05, 4.69) is 29.4 Å². The maximum Gasteiger partial charge on any atom is 0.435 e. The summed E-state index contributed by atoms with van der Waals surface area (Å²) in [6.07, 6.45) is 0.0170. The number of halogens is 3. The van der Waals surface area contributed by atoms with Crippen molar-refractivity contribution < 1.29 is 13.2 Å². The molecule has 0 spiro atoms. The van der Waals surface area contributed by atoms with E-state index in [-0.39, 0.29) is 11.5 Å². The normalized spacial score (nSPS) is 23.1. The number of nitrogens with zero attached hydrogens (tertiary/aromatic N) is 2. The van der Waals surface area contributed by atoms with Crippen molar-refractivity contribution in [3.8, 4) is 0 Å². The predicted octanol–water partition coefficient (Wildman–Crippen LogP) is 3.88. The minimum atomic E-state index is -4.43. The third-order valence-electron chi connectivity index (χ3n) is 3.78. The third-order valence-corrected chi connectivity index (χ3v) is 3.78. The highest BCUT2D eigenvalue weighted by molar-refractivity contribution is 5.35. The second-order valence-electron chi connectivity index (χ2n) is 5.73. The van der Waals surface area contributed by atoms with E-state index in [1.807, 2.05) is 0 Å². The molecule has 106 valence electrons. The summed E-state index contributed by atoms with van der Waals surface area (Å²) in [4.78, 5) is 0. The highest BCUT2D eigenvalue weighted by Crippen LogP contribution is 2.37. The molecule has 1 aliphatic rings. The highest BCUT2D eigenvalue weighted by atomic mass is 19.4. The molecular formula is C13H18F3N3. The molecule has 1 aliphatic carbocycles. The van der Waals surface area contributed by atoms with Crippen LogP contribution >= 0.6 is 0 Å². The van der Waals surface area contributed by atoms with Crippen LogP contribution in [0, 0.1) is 5.41 Å². The molecule has 1 N–H and O–H groups in total. The molecule has 0 radical (unpaired) electrons. The fourth-order valence-corrected chi connectivity index (χ4v) is 2.50. The minimum absolute atomic E-state index is 0.128. The molecule has 1 heterocycles. The molecule has 0 bridgehead atoms. The van der Waals surface area contributed by atoms with Gasteiger partial charge in [0.25, 0.3) is 0 Å². The Kier molecular flexibility index (Phi) is 3.69. The van der Waals surface area contributed by atoms with Gasteiger partial charge in [0.15, 0.2) is 5.69 Å². The number of anilines is 1. The van der Waals surface area contributed by atoms with Crippen LogP contribution in [-0.4, -0.2) is 16.2 Å². The van der Waals surface area contributed by atoms with Crippen LogP contribution < -0.4 is 5.32 Å². The van der Waals surface area contributed by atoms with Gasteiger partial charge in [-0.1, -0.05) is 26.7 Å². The van der Waals surface area contributed by atoms with Crippen LogP contribution in [0.15, 0.2) is 12.1 Å². The summed E-state index contributed by atoms with van der Waals surface area (Å²) in [5, 5.41) is 10.1. The SMILES string of the molecule is CC1(C)CCCCC1Nc1ccc(C(F)(F)F)nn1. The largest absolute Gasteiger partial charge is 0.435 e. The van der Waals surface area contributed by atoms with Crippen LogP contribution in [0.4, 0.5) is 19.0 Å². The van der Waals surface area contributed by atoms with Gasteiger partial charge in [-0.3, -0.25) is 0 Å². The number of hydrogen-bond acceptors (Lipinski definition) is 3. The van der Waals surface area contributed by atoms with Crippen molar-refractivity contribution in [2.45, 2.75) is 51.7 Å². The zero-order valence-electron chi connectivity index (χ0n) is 11.1. The van der Waals surface area contributed by atoms with E-state index in [1.165, 1.54) is 12.5 Å². The lowest BCUT2D eigenvalue weighted by molar-refractivity contribution is -0.141. The topological polar surface area (TPSA) is 37.8 Å². The maximum atomic E-state index is 12.4. The third kappa shape index (κ3) is 3.36. The first-order valence-corrected chi connectivity index (χ1v) is 6.46. The fourth-order valence-electron chi connectivity index (χ4n) is 2.50. The van der Waals surface area contributed by atoms with Gasteiger partial charge in [0.1, 0.15) is 5.82 Å². The number of hydrogen-bond donors (Lipinski definition) is 1. The monoisotopic (exact) mass is 273 g/mol. The zero-order valence-corrected chi connectivity index (χ0v) is 11.1. The quantitative estimate of drug-likeness (QED) is 0.888. The average molecular weight is 273 g/mol. The van der Waals surface area contributed by atoms with Crippen LogP contribution in [0.5, 0.6) is 0 Å². The molecule has 1 aromatic rings. The highest BCUT2D eigenvalue weighted by Gasteiger charge is 2.34. The summed E-state index contributed by atoms with van der Waals surface area (Å²) in [5.41, 5.74) is -0.830. The molecule has 1 aromatic heterocycles. The Morgan fingerprint density at radius 1 is 1.21 bits per heavy atom. The average Bonchev–Trinajstić information content (AvgIpc) is 2.31. The number of alkyl halides is 3. The van der Waals surface area contributed by atoms with Crippen LogP contribution in [0.25, 0.3) is 0 Å². The van der Waals surface area contributed by atoms with Gasteiger partial charge in [0.2, 0.25) is 0 Å². The van der Waals surface area contributed by atoms with Gasteiger partial charge in [0.05, 0.1) is 0 Å². The summed E-state index contributed by atoms with van der Waals surface area (Å²) >= 11 is 0. The number of rotatable bonds is 2. The lowest BCUT2D eigenvalue weighted by Crippen LogP contribution is -2.39. The summed E-state index contributed by atoms with van der Waals surface area (Å²) in [6.45, 7) is 4.34. The van der Waals surface area contributed by atoms with Crippen molar-refractivity contribution >= 4 is 5.82 Å². The predicted molar refractivity (Wildman–Crippen MR) is 66.7 cm³/mol. The Balaban J connectivity index is 2.07. The van der Waals surface area contributed by atoms with E-state index < -0.39 is 11.9 Å². The lowest BCUT2D eigenvalue weighted by atomic mass is 9.73. The van der Waals surface area contributed by atoms with Crippen molar-refractivity contribution in [1.29, 1.82) is 0 Å². The molecule has 0 aliphatic heterocycles. The smallest absolute Gasteiger partial charge is 0.365 e. The van der Waals surface area contributed by atoms with Crippen molar-refractivity contribution in [3.63, 3.8) is 0 Å². The van der Waals surface area contributed by atoms with Crippen molar-refractivity contribution in [1.82, 2.24) is 10.2 Å². The summed E-state index contributed by atoms with van der Waals surface area (Å²) < 4.78 is 37.1. The zero-order chi connectivity index (χ0) is 14.1. The molecular weight excluding hydrogens is 255 g/mol. The van der Waals surface area contributed by atoms with Gasteiger partial charge in [-0.2, -0.15) is 13.2 Å². The van der Waals surface area contributed by atoms with Gasteiger partial charge in [0, 0.05) is 6.04 Å². The minimum Gasteiger partial charge on any atom is -0.365 e. The summed E-state index contributed by atoms with van der Waals surface area (Å²) in [5.74, 6) is 0.410. The van der Waals surface area contributed by atoms with Crippen molar-refractivity contribution in [2.75, 3.05) is 5.32 Å². The Labute approximate surface area is 110 Å². The van der Waals surface area contributed by atoms with E-state index >= 15 is 0 Å². The Morgan fingerprint density at radius 2 is 1.95 bits per heavy atom. The van der Waals surface area contributed by atoms with Crippen molar-refractivity contribution in [3.05, 3.63) is 17.8 Å². The summed E-state index contributed by atoms with van der Waals surface area (Å²) in [7, 11) is 0. The van der Waals surface area contributed by atoms with E-state index in [4.69, 9.17) is 0 Å². The molecule has 0 aromatic carbocycles. The summed E-state index contributed by atoms with van der Waals surface area (Å²) in [6, 6.07) is 2.54. The molecule has 0 saturated heterocycles. The van der Waals surface area contributed by atoms with E-state index in [0.717, 1.165) is 25.3 Å². The molecule has 1 saturated carbocycles. The van der Waals surface area contributed by atoms with Gasteiger partial charge in [-0.05, 0) is 30.4 Å². The standard InChI is InChI=1S/C13H18F3N3/c1-12(2)8-4-3-5-9(12)17-11-7-6-10(18-19-11)13(14,15)16/h6-7,9H,3-5,8H2,1-2H3,(H,17,19). The fraction of sp³-hybridized carbons (Fsp3) is 0.692. The molecule has 6 heteroatoms. The second kappa shape index (κ2) is 4.98. The first kappa shape index (κ1) is 14.1.